The third-order valence-corrected chi connectivity index (χ3v) is 4.62. The molecule has 0 N–H and O–H groups in total. The minimum atomic E-state index is 0. The van der Waals surface area contributed by atoms with Gasteiger partial charge in [0, 0.05) is 8.41 Å². The minimum Gasteiger partial charge on any atom is -0.106 e. The summed E-state index contributed by atoms with van der Waals surface area (Å²) in [5.74, 6) is 0. The molecule has 0 amide bonds. The lowest BCUT2D eigenvalue weighted by atomic mass is 10.5. The predicted octanol–water partition coefficient (Wildman–Crippen LogP) is 3.82. The molecule has 0 atom stereocenters. The van der Waals surface area contributed by atoms with Crippen molar-refractivity contribution in [3.63, 3.8) is 0 Å². The minimum absolute atomic E-state index is 0. The number of hydrogen-bond donors (Lipinski definition) is 0. The molecule has 0 aliphatic carbocycles. The molecule has 0 aromatic heterocycles. The molecule has 3 radical (unpaired) electrons. The first-order valence-corrected chi connectivity index (χ1v) is 6.80. The van der Waals surface area contributed by atoms with Crippen molar-refractivity contribution < 1.29 is 0 Å². The standard InChI is InChI=1S/C12H21P.B/c1-4-7-10-13(11-8-5-2)12-9-6-3;/h4-6H,1-3,7-12H2;. The van der Waals surface area contributed by atoms with E-state index >= 15 is 0 Å². The van der Waals surface area contributed by atoms with Crippen molar-refractivity contribution >= 4 is 16.3 Å². The van der Waals surface area contributed by atoms with E-state index in [0.29, 0.717) is 0 Å². The summed E-state index contributed by atoms with van der Waals surface area (Å²) in [5, 5.41) is 0. The lowest BCUT2D eigenvalue weighted by Crippen LogP contribution is -1.93. The zero-order chi connectivity index (χ0) is 9.94. The molecule has 2 heteroatoms. The monoisotopic (exact) mass is 207 g/mol. The molecule has 0 aromatic rings. The second-order valence-corrected chi connectivity index (χ2v) is 5.76. The van der Waals surface area contributed by atoms with Crippen LogP contribution in [-0.4, -0.2) is 26.9 Å². The van der Waals surface area contributed by atoms with Gasteiger partial charge in [-0.05, 0) is 37.7 Å². The molecular formula is C12H21BP. The van der Waals surface area contributed by atoms with E-state index in [4.69, 9.17) is 0 Å². The molecule has 0 rings (SSSR count). The maximum Gasteiger partial charge on any atom is 0 e. The van der Waals surface area contributed by atoms with Crippen molar-refractivity contribution in [3.8, 4) is 0 Å². The largest absolute Gasteiger partial charge is 0.106 e. The van der Waals surface area contributed by atoms with Crippen LogP contribution in [0.2, 0.25) is 0 Å². The molecular weight excluding hydrogens is 186 g/mol. The summed E-state index contributed by atoms with van der Waals surface area (Å²) in [5.41, 5.74) is 0. The summed E-state index contributed by atoms with van der Waals surface area (Å²) in [6, 6.07) is 0. The van der Waals surface area contributed by atoms with Gasteiger partial charge in [-0.3, -0.25) is 0 Å². The SMILES string of the molecule is C=CCCP(CCC=C)CCC=C.[B]. The summed E-state index contributed by atoms with van der Waals surface area (Å²) in [4.78, 5) is 0. The highest BCUT2D eigenvalue weighted by Crippen LogP contribution is 2.37. The lowest BCUT2D eigenvalue weighted by molar-refractivity contribution is 1.13. The predicted molar refractivity (Wildman–Crippen MR) is 71.7 cm³/mol. The van der Waals surface area contributed by atoms with Gasteiger partial charge in [-0.1, -0.05) is 18.2 Å². The molecule has 0 unspecified atom stereocenters. The summed E-state index contributed by atoms with van der Waals surface area (Å²) in [7, 11) is 0.208. The second kappa shape index (κ2) is 12.7. The highest BCUT2D eigenvalue weighted by Gasteiger charge is 2.04. The van der Waals surface area contributed by atoms with Gasteiger partial charge >= 0.3 is 0 Å². The van der Waals surface area contributed by atoms with Crippen molar-refractivity contribution in [2.24, 2.45) is 0 Å². The van der Waals surface area contributed by atoms with Crippen LogP contribution in [0.1, 0.15) is 19.3 Å². The Morgan fingerprint density at radius 2 is 1.00 bits per heavy atom. The third kappa shape index (κ3) is 9.80. The fraction of sp³-hybridized carbons (Fsp3) is 0.500. The van der Waals surface area contributed by atoms with Gasteiger partial charge in [0.1, 0.15) is 0 Å². The van der Waals surface area contributed by atoms with E-state index in [1.807, 2.05) is 18.2 Å². The van der Waals surface area contributed by atoms with Crippen LogP contribution in [0.4, 0.5) is 0 Å². The molecule has 0 saturated carbocycles. The number of allylic oxidation sites excluding steroid dienone is 3. The van der Waals surface area contributed by atoms with Crippen LogP contribution in [-0.2, 0) is 0 Å². The summed E-state index contributed by atoms with van der Waals surface area (Å²) in [6.45, 7) is 11.3. The first-order valence-electron chi connectivity index (χ1n) is 4.90. The van der Waals surface area contributed by atoms with Crippen LogP contribution in [0.25, 0.3) is 0 Å². The molecule has 0 saturated heterocycles. The molecule has 0 nitrogen and oxygen atoms in total. The Morgan fingerprint density at radius 1 is 0.714 bits per heavy atom. The average Bonchev–Trinajstić information content (AvgIpc) is 2.17. The van der Waals surface area contributed by atoms with E-state index in [1.165, 1.54) is 37.7 Å². The van der Waals surface area contributed by atoms with Crippen LogP contribution in [0, 0.1) is 0 Å². The lowest BCUT2D eigenvalue weighted by Gasteiger charge is -2.14. The van der Waals surface area contributed by atoms with Crippen molar-refractivity contribution in [2.45, 2.75) is 19.3 Å². The van der Waals surface area contributed by atoms with E-state index in [1.54, 1.807) is 0 Å². The number of hydrogen-bond acceptors (Lipinski definition) is 0. The molecule has 0 spiro atoms. The van der Waals surface area contributed by atoms with E-state index in [9.17, 15) is 0 Å². The molecule has 0 bridgehead atoms. The fourth-order valence-electron chi connectivity index (χ4n) is 1.16. The van der Waals surface area contributed by atoms with Crippen molar-refractivity contribution in [2.75, 3.05) is 18.5 Å². The first kappa shape index (κ1) is 16.2. The van der Waals surface area contributed by atoms with E-state index in [2.05, 4.69) is 19.7 Å². The van der Waals surface area contributed by atoms with Crippen LogP contribution >= 0.6 is 7.92 Å². The molecule has 0 aromatic carbocycles. The third-order valence-electron chi connectivity index (χ3n) is 1.95. The van der Waals surface area contributed by atoms with Crippen molar-refractivity contribution in [1.29, 1.82) is 0 Å². The van der Waals surface area contributed by atoms with E-state index in [0.717, 1.165) is 0 Å². The maximum atomic E-state index is 3.76. The van der Waals surface area contributed by atoms with Crippen molar-refractivity contribution in [1.82, 2.24) is 0 Å². The van der Waals surface area contributed by atoms with Gasteiger partial charge in [0.15, 0.2) is 0 Å². The van der Waals surface area contributed by atoms with Gasteiger partial charge in [0.2, 0.25) is 0 Å². The smallest absolute Gasteiger partial charge is 0 e. The summed E-state index contributed by atoms with van der Waals surface area (Å²) in [6.07, 6.45) is 13.6. The van der Waals surface area contributed by atoms with E-state index in [-0.39, 0.29) is 16.3 Å². The van der Waals surface area contributed by atoms with Gasteiger partial charge in [-0.2, -0.15) is 0 Å². The Labute approximate surface area is 92.5 Å². The Kier molecular flexibility index (Phi) is 14.7. The van der Waals surface area contributed by atoms with Crippen LogP contribution in [0.3, 0.4) is 0 Å². The quantitative estimate of drug-likeness (QED) is 0.306. The normalized spacial score (nSPS) is 9.21. The zero-order valence-electron chi connectivity index (χ0n) is 9.12. The van der Waals surface area contributed by atoms with Crippen LogP contribution in [0.5, 0.6) is 0 Å². The first-order chi connectivity index (χ1) is 6.35. The Bertz CT molecular complexity index is 126. The Balaban J connectivity index is 0. The maximum absolute atomic E-state index is 3.76. The van der Waals surface area contributed by atoms with Gasteiger partial charge in [0.05, 0.1) is 0 Å². The van der Waals surface area contributed by atoms with Gasteiger partial charge < -0.3 is 0 Å². The molecule has 77 valence electrons. The highest BCUT2D eigenvalue weighted by atomic mass is 31.1. The van der Waals surface area contributed by atoms with Gasteiger partial charge in [-0.15, -0.1) is 27.7 Å². The molecule has 14 heavy (non-hydrogen) atoms. The van der Waals surface area contributed by atoms with Gasteiger partial charge in [0.25, 0.3) is 0 Å². The summed E-state index contributed by atoms with van der Waals surface area (Å²) >= 11 is 0. The highest BCUT2D eigenvalue weighted by molar-refractivity contribution is 7.57. The number of rotatable bonds is 9. The molecule has 0 aliphatic rings. The fourth-order valence-corrected chi connectivity index (χ4v) is 3.47. The second-order valence-electron chi connectivity index (χ2n) is 3.07. The summed E-state index contributed by atoms with van der Waals surface area (Å²) < 4.78 is 0. The average molecular weight is 207 g/mol. The molecule has 0 heterocycles. The van der Waals surface area contributed by atoms with Gasteiger partial charge in [-0.25, -0.2) is 0 Å². The van der Waals surface area contributed by atoms with E-state index < -0.39 is 0 Å². The topological polar surface area (TPSA) is 0 Å². The Hall–Kier alpha value is -0.285. The molecule has 0 fully saturated rings. The van der Waals surface area contributed by atoms with Crippen molar-refractivity contribution in [3.05, 3.63) is 38.0 Å². The zero-order valence-corrected chi connectivity index (χ0v) is 10.0. The Morgan fingerprint density at radius 3 is 1.21 bits per heavy atom. The van der Waals surface area contributed by atoms with Crippen LogP contribution < -0.4 is 0 Å². The van der Waals surface area contributed by atoms with Crippen LogP contribution in [0.15, 0.2) is 38.0 Å². The molecule has 0 aliphatic heterocycles.